The van der Waals surface area contributed by atoms with Gasteiger partial charge in [0.2, 0.25) is 5.91 Å². The Labute approximate surface area is 143 Å². The van der Waals surface area contributed by atoms with Gasteiger partial charge in [-0.25, -0.2) is 0 Å². The van der Waals surface area contributed by atoms with Crippen molar-refractivity contribution in [2.45, 2.75) is 45.6 Å². The molecule has 0 atom stereocenters. The molecule has 0 unspecified atom stereocenters. The standard InChI is InChI=1S/C19H26N2O3/c1-14(2)12-21(15-8-9-15)19(23)13-24-17-6-3-5-16(11-17)20-10-4-7-18(20)22/h3,5-6,11,14-15H,4,7-10,12-13H2,1-2H3. The molecule has 1 aliphatic heterocycles. The number of carbonyl (C=O) groups is 2. The van der Waals surface area contributed by atoms with Crippen LogP contribution in [0, 0.1) is 5.92 Å². The van der Waals surface area contributed by atoms with Gasteiger partial charge in [-0.2, -0.15) is 0 Å². The molecule has 1 saturated heterocycles. The summed E-state index contributed by atoms with van der Waals surface area (Å²) < 4.78 is 5.71. The molecule has 24 heavy (non-hydrogen) atoms. The van der Waals surface area contributed by atoms with Gasteiger partial charge in [-0.05, 0) is 37.3 Å². The number of rotatable bonds is 7. The molecule has 5 heteroatoms. The fourth-order valence-corrected chi connectivity index (χ4v) is 3.12. The second kappa shape index (κ2) is 7.24. The van der Waals surface area contributed by atoms with Crippen LogP contribution in [0.1, 0.15) is 39.5 Å². The fraction of sp³-hybridized carbons (Fsp3) is 0.579. The maximum Gasteiger partial charge on any atom is 0.260 e. The summed E-state index contributed by atoms with van der Waals surface area (Å²) in [5.74, 6) is 1.30. The van der Waals surface area contributed by atoms with Crippen molar-refractivity contribution in [3.05, 3.63) is 24.3 Å². The van der Waals surface area contributed by atoms with Crippen LogP contribution in [0.15, 0.2) is 24.3 Å². The molecular formula is C19H26N2O3. The van der Waals surface area contributed by atoms with Crippen molar-refractivity contribution in [1.29, 1.82) is 0 Å². The fourth-order valence-electron chi connectivity index (χ4n) is 3.12. The summed E-state index contributed by atoms with van der Waals surface area (Å²) in [6.45, 7) is 5.85. The van der Waals surface area contributed by atoms with E-state index in [9.17, 15) is 9.59 Å². The van der Waals surface area contributed by atoms with Crippen LogP contribution >= 0.6 is 0 Å². The van der Waals surface area contributed by atoms with Crippen molar-refractivity contribution in [3.63, 3.8) is 0 Å². The summed E-state index contributed by atoms with van der Waals surface area (Å²) in [5, 5.41) is 0. The molecule has 1 aromatic rings. The molecule has 2 aliphatic rings. The van der Waals surface area contributed by atoms with E-state index in [1.807, 2.05) is 29.2 Å². The van der Waals surface area contributed by atoms with Crippen LogP contribution in [0.25, 0.3) is 0 Å². The lowest BCUT2D eigenvalue weighted by atomic mass is 10.2. The zero-order valence-electron chi connectivity index (χ0n) is 14.5. The Kier molecular flexibility index (Phi) is 5.07. The highest BCUT2D eigenvalue weighted by Gasteiger charge is 2.32. The Balaban J connectivity index is 1.59. The molecule has 0 N–H and O–H groups in total. The maximum absolute atomic E-state index is 12.5. The van der Waals surface area contributed by atoms with Crippen molar-refractivity contribution in [2.75, 3.05) is 24.6 Å². The lowest BCUT2D eigenvalue weighted by Crippen LogP contribution is -2.39. The number of anilines is 1. The average Bonchev–Trinajstić information content (AvgIpc) is 3.31. The smallest absolute Gasteiger partial charge is 0.260 e. The second-order valence-electron chi connectivity index (χ2n) is 7.11. The van der Waals surface area contributed by atoms with E-state index >= 15 is 0 Å². The molecule has 1 saturated carbocycles. The first kappa shape index (κ1) is 16.8. The first-order chi connectivity index (χ1) is 11.5. The molecular weight excluding hydrogens is 304 g/mol. The van der Waals surface area contributed by atoms with E-state index in [-0.39, 0.29) is 18.4 Å². The van der Waals surface area contributed by atoms with Gasteiger partial charge in [0.25, 0.3) is 5.91 Å². The molecule has 0 aromatic heterocycles. The van der Waals surface area contributed by atoms with E-state index in [1.165, 1.54) is 0 Å². The highest BCUT2D eigenvalue weighted by molar-refractivity contribution is 5.95. The first-order valence-corrected chi connectivity index (χ1v) is 8.87. The molecule has 2 fully saturated rings. The average molecular weight is 330 g/mol. The van der Waals surface area contributed by atoms with Crippen LogP contribution in [-0.2, 0) is 9.59 Å². The molecule has 1 aliphatic carbocycles. The maximum atomic E-state index is 12.5. The number of hydrogen-bond donors (Lipinski definition) is 0. The van der Waals surface area contributed by atoms with Crippen molar-refractivity contribution < 1.29 is 14.3 Å². The van der Waals surface area contributed by atoms with Crippen LogP contribution in [-0.4, -0.2) is 42.5 Å². The highest BCUT2D eigenvalue weighted by atomic mass is 16.5. The van der Waals surface area contributed by atoms with Gasteiger partial charge in [-0.15, -0.1) is 0 Å². The summed E-state index contributed by atoms with van der Waals surface area (Å²) in [4.78, 5) is 28.1. The van der Waals surface area contributed by atoms with Crippen LogP contribution in [0.2, 0.25) is 0 Å². The summed E-state index contributed by atoms with van der Waals surface area (Å²) in [6.07, 6.45) is 3.71. The van der Waals surface area contributed by atoms with Crippen molar-refractivity contribution >= 4 is 17.5 Å². The van der Waals surface area contributed by atoms with Crippen molar-refractivity contribution in [1.82, 2.24) is 4.90 Å². The van der Waals surface area contributed by atoms with Gasteiger partial charge in [-0.3, -0.25) is 9.59 Å². The van der Waals surface area contributed by atoms with Crippen LogP contribution in [0.5, 0.6) is 5.75 Å². The lowest BCUT2D eigenvalue weighted by Gasteiger charge is -2.24. The Morgan fingerprint density at radius 3 is 2.79 bits per heavy atom. The molecule has 1 heterocycles. The van der Waals surface area contributed by atoms with Gasteiger partial charge in [0, 0.05) is 37.3 Å². The van der Waals surface area contributed by atoms with Gasteiger partial charge in [0.1, 0.15) is 5.75 Å². The topological polar surface area (TPSA) is 49.9 Å². The van der Waals surface area contributed by atoms with Crippen molar-refractivity contribution in [3.8, 4) is 5.75 Å². The number of amides is 2. The lowest BCUT2D eigenvalue weighted by molar-refractivity contribution is -0.134. The number of nitrogens with zero attached hydrogens (tertiary/aromatic N) is 2. The zero-order chi connectivity index (χ0) is 17.1. The van der Waals surface area contributed by atoms with Gasteiger partial charge in [0.05, 0.1) is 0 Å². The SMILES string of the molecule is CC(C)CN(C(=O)COc1cccc(N2CCCC2=O)c1)C1CC1. The van der Waals surface area contributed by atoms with E-state index in [0.717, 1.165) is 38.0 Å². The van der Waals surface area contributed by atoms with E-state index < -0.39 is 0 Å². The van der Waals surface area contributed by atoms with E-state index in [4.69, 9.17) is 4.74 Å². The molecule has 3 rings (SSSR count). The van der Waals surface area contributed by atoms with Gasteiger partial charge in [0.15, 0.2) is 6.61 Å². The molecule has 0 radical (unpaired) electrons. The Morgan fingerprint density at radius 1 is 1.38 bits per heavy atom. The first-order valence-electron chi connectivity index (χ1n) is 8.87. The predicted molar refractivity (Wildman–Crippen MR) is 93.1 cm³/mol. The van der Waals surface area contributed by atoms with E-state index in [0.29, 0.717) is 24.1 Å². The predicted octanol–water partition coefficient (Wildman–Crippen LogP) is 2.84. The summed E-state index contributed by atoms with van der Waals surface area (Å²) in [7, 11) is 0. The van der Waals surface area contributed by atoms with E-state index in [2.05, 4.69) is 13.8 Å². The quantitative estimate of drug-likeness (QED) is 0.772. The Bertz CT molecular complexity index is 610. The number of carbonyl (C=O) groups excluding carboxylic acids is 2. The number of benzene rings is 1. The third kappa shape index (κ3) is 4.08. The molecule has 2 amide bonds. The minimum atomic E-state index is 0.0499. The molecule has 0 spiro atoms. The third-order valence-electron chi connectivity index (χ3n) is 4.43. The van der Waals surface area contributed by atoms with Gasteiger partial charge >= 0.3 is 0 Å². The molecule has 1 aromatic carbocycles. The normalized spacial score (nSPS) is 17.5. The molecule has 130 valence electrons. The van der Waals surface area contributed by atoms with Crippen LogP contribution in [0.3, 0.4) is 0 Å². The summed E-state index contributed by atoms with van der Waals surface area (Å²) in [6, 6.07) is 7.86. The largest absolute Gasteiger partial charge is 0.484 e. The van der Waals surface area contributed by atoms with Crippen LogP contribution < -0.4 is 9.64 Å². The Hall–Kier alpha value is -2.04. The second-order valence-corrected chi connectivity index (χ2v) is 7.11. The summed E-state index contributed by atoms with van der Waals surface area (Å²) >= 11 is 0. The minimum Gasteiger partial charge on any atom is -0.484 e. The van der Waals surface area contributed by atoms with Gasteiger partial charge < -0.3 is 14.5 Å². The van der Waals surface area contributed by atoms with Crippen molar-refractivity contribution in [2.24, 2.45) is 5.92 Å². The number of ether oxygens (including phenoxy) is 1. The van der Waals surface area contributed by atoms with Crippen LogP contribution in [0.4, 0.5) is 5.69 Å². The summed E-state index contributed by atoms with van der Waals surface area (Å²) in [5.41, 5.74) is 0.851. The monoisotopic (exact) mass is 330 g/mol. The van der Waals surface area contributed by atoms with E-state index in [1.54, 1.807) is 4.90 Å². The Morgan fingerprint density at radius 2 is 2.17 bits per heavy atom. The minimum absolute atomic E-state index is 0.0499. The highest BCUT2D eigenvalue weighted by Crippen LogP contribution is 2.28. The molecule has 5 nitrogen and oxygen atoms in total. The third-order valence-corrected chi connectivity index (χ3v) is 4.43. The zero-order valence-corrected chi connectivity index (χ0v) is 14.5. The van der Waals surface area contributed by atoms with Gasteiger partial charge in [-0.1, -0.05) is 19.9 Å². The number of hydrogen-bond acceptors (Lipinski definition) is 3. The molecule has 0 bridgehead atoms.